The first kappa shape index (κ1) is 17.5. The zero-order valence-electron chi connectivity index (χ0n) is 15.0. The summed E-state index contributed by atoms with van der Waals surface area (Å²) in [5.74, 6) is 0.316. The van der Waals surface area contributed by atoms with Crippen LogP contribution in [0.25, 0.3) is 0 Å². The van der Waals surface area contributed by atoms with Crippen LogP contribution in [0.4, 0.5) is 5.69 Å². The number of anilines is 1. The van der Waals surface area contributed by atoms with Crippen LogP contribution in [0.1, 0.15) is 28.8 Å². The van der Waals surface area contributed by atoms with Crippen LogP contribution in [0.2, 0.25) is 0 Å². The predicted molar refractivity (Wildman–Crippen MR) is 101 cm³/mol. The monoisotopic (exact) mass is 366 g/mol. The van der Waals surface area contributed by atoms with E-state index in [4.69, 9.17) is 9.47 Å². The maximum absolute atomic E-state index is 12.9. The molecule has 0 spiro atoms. The summed E-state index contributed by atoms with van der Waals surface area (Å²) in [5, 5.41) is 2.74. The molecule has 140 valence electrons. The fourth-order valence-electron chi connectivity index (χ4n) is 3.44. The number of ether oxygens (including phenoxy) is 2. The quantitative estimate of drug-likeness (QED) is 0.904. The fraction of sp³-hybridized carbons (Fsp3) is 0.333. The lowest BCUT2D eigenvalue weighted by molar-refractivity contribution is -0.118. The SMILES string of the molecule is O=C1COc2cc(C(=O)N3CCC[C@H](OCc4ccccc4)C3)ccc2N1. The van der Waals surface area contributed by atoms with Gasteiger partial charge in [-0.3, -0.25) is 9.59 Å². The highest BCUT2D eigenvalue weighted by atomic mass is 16.5. The molecule has 2 amide bonds. The highest BCUT2D eigenvalue weighted by molar-refractivity contribution is 5.99. The smallest absolute Gasteiger partial charge is 0.262 e. The average Bonchev–Trinajstić information content (AvgIpc) is 2.72. The summed E-state index contributed by atoms with van der Waals surface area (Å²) in [7, 11) is 0. The number of nitrogens with zero attached hydrogens (tertiary/aromatic N) is 1. The Morgan fingerprint density at radius 1 is 1.22 bits per heavy atom. The van der Waals surface area contributed by atoms with Gasteiger partial charge in [0.2, 0.25) is 0 Å². The molecule has 2 aromatic rings. The molecule has 6 heteroatoms. The minimum atomic E-state index is -0.184. The van der Waals surface area contributed by atoms with Crippen molar-refractivity contribution in [3.8, 4) is 5.75 Å². The first-order chi connectivity index (χ1) is 13.2. The molecule has 0 unspecified atom stereocenters. The largest absolute Gasteiger partial charge is 0.482 e. The number of hydrogen-bond acceptors (Lipinski definition) is 4. The topological polar surface area (TPSA) is 67.9 Å². The van der Waals surface area contributed by atoms with Gasteiger partial charge in [0.15, 0.2) is 6.61 Å². The highest BCUT2D eigenvalue weighted by Crippen LogP contribution is 2.29. The number of benzene rings is 2. The Balaban J connectivity index is 1.39. The molecule has 0 bridgehead atoms. The number of nitrogens with one attached hydrogen (secondary N) is 1. The zero-order valence-corrected chi connectivity index (χ0v) is 15.0. The van der Waals surface area contributed by atoms with Crippen LogP contribution >= 0.6 is 0 Å². The number of rotatable bonds is 4. The predicted octanol–water partition coefficient (Wildman–Crippen LogP) is 2.84. The molecular weight excluding hydrogens is 344 g/mol. The molecule has 1 fully saturated rings. The molecule has 1 N–H and O–H groups in total. The average molecular weight is 366 g/mol. The van der Waals surface area contributed by atoms with Crippen molar-refractivity contribution in [1.29, 1.82) is 0 Å². The first-order valence-corrected chi connectivity index (χ1v) is 9.20. The van der Waals surface area contributed by atoms with E-state index in [-0.39, 0.29) is 24.5 Å². The summed E-state index contributed by atoms with van der Waals surface area (Å²) >= 11 is 0. The van der Waals surface area contributed by atoms with Crippen LogP contribution in [-0.2, 0) is 16.1 Å². The Bertz CT molecular complexity index is 837. The van der Waals surface area contributed by atoms with E-state index in [1.54, 1.807) is 18.2 Å². The Hall–Kier alpha value is -2.86. The summed E-state index contributed by atoms with van der Waals surface area (Å²) < 4.78 is 11.4. The summed E-state index contributed by atoms with van der Waals surface area (Å²) in [6.07, 6.45) is 1.91. The van der Waals surface area contributed by atoms with Gasteiger partial charge in [0.1, 0.15) is 5.75 Å². The fourth-order valence-corrected chi connectivity index (χ4v) is 3.44. The Morgan fingerprint density at radius 2 is 2.07 bits per heavy atom. The second-order valence-electron chi connectivity index (χ2n) is 6.86. The van der Waals surface area contributed by atoms with Crippen LogP contribution in [0.15, 0.2) is 48.5 Å². The lowest BCUT2D eigenvalue weighted by atomic mass is 10.1. The van der Waals surface area contributed by atoms with Gasteiger partial charge in [-0.1, -0.05) is 30.3 Å². The second-order valence-corrected chi connectivity index (χ2v) is 6.86. The first-order valence-electron chi connectivity index (χ1n) is 9.20. The zero-order chi connectivity index (χ0) is 18.6. The van der Waals surface area contributed by atoms with Crippen LogP contribution in [-0.4, -0.2) is 42.5 Å². The Morgan fingerprint density at radius 3 is 2.93 bits per heavy atom. The summed E-state index contributed by atoms with van der Waals surface area (Å²) in [6.45, 7) is 1.84. The lowest BCUT2D eigenvalue weighted by Crippen LogP contribution is -2.43. The summed E-state index contributed by atoms with van der Waals surface area (Å²) in [6, 6.07) is 15.2. The minimum Gasteiger partial charge on any atom is -0.482 e. The molecular formula is C21H22N2O4. The molecule has 0 aliphatic carbocycles. The van der Waals surface area contributed by atoms with E-state index in [1.165, 1.54) is 0 Å². The molecule has 4 rings (SSSR count). The van der Waals surface area contributed by atoms with Crippen molar-refractivity contribution < 1.29 is 19.1 Å². The number of piperidine rings is 1. The lowest BCUT2D eigenvalue weighted by Gasteiger charge is -2.33. The molecule has 2 aliphatic heterocycles. The molecule has 0 saturated carbocycles. The van der Waals surface area contributed by atoms with Gasteiger partial charge in [0.05, 0.1) is 18.4 Å². The van der Waals surface area contributed by atoms with Crippen molar-refractivity contribution in [3.63, 3.8) is 0 Å². The van der Waals surface area contributed by atoms with E-state index in [0.29, 0.717) is 30.2 Å². The molecule has 1 saturated heterocycles. The third kappa shape index (κ3) is 4.11. The van der Waals surface area contributed by atoms with Gasteiger partial charge in [-0.05, 0) is 36.6 Å². The Labute approximate surface area is 158 Å². The molecule has 0 radical (unpaired) electrons. The molecule has 27 heavy (non-hydrogen) atoms. The highest BCUT2D eigenvalue weighted by Gasteiger charge is 2.26. The molecule has 2 heterocycles. The van der Waals surface area contributed by atoms with Crippen molar-refractivity contribution in [2.24, 2.45) is 0 Å². The number of fused-ring (bicyclic) bond motifs is 1. The number of carbonyl (C=O) groups is 2. The third-order valence-corrected chi connectivity index (χ3v) is 4.86. The Kier molecular flexibility index (Phi) is 5.07. The van der Waals surface area contributed by atoms with Crippen LogP contribution in [0.3, 0.4) is 0 Å². The third-order valence-electron chi connectivity index (χ3n) is 4.86. The van der Waals surface area contributed by atoms with Gasteiger partial charge in [-0.25, -0.2) is 0 Å². The van der Waals surface area contributed by atoms with Crippen LogP contribution in [0.5, 0.6) is 5.75 Å². The van der Waals surface area contributed by atoms with Crippen molar-refractivity contribution in [2.75, 3.05) is 25.0 Å². The van der Waals surface area contributed by atoms with Gasteiger partial charge in [-0.2, -0.15) is 0 Å². The minimum absolute atomic E-state index is 0.0240. The molecule has 1 atom stereocenters. The van der Waals surface area contributed by atoms with Crippen molar-refractivity contribution in [2.45, 2.75) is 25.6 Å². The van der Waals surface area contributed by atoms with E-state index in [2.05, 4.69) is 5.32 Å². The molecule has 2 aromatic carbocycles. The summed E-state index contributed by atoms with van der Waals surface area (Å²) in [4.78, 5) is 26.1. The molecule has 2 aliphatic rings. The normalized spacial score (nSPS) is 19.0. The van der Waals surface area contributed by atoms with E-state index in [1.807, 2.05) is 35.2 Å². The molecule has 0 aromatic heterocycles. The number of hydrogen-bond donors (Lipinski definition) is 1. The van der Waals surface area contributed by atoms with Crippen LogP contribution in [0, 0.1) is 0 Å². The van der Waals surface area contributed by atoms with E-state index < -0.39 is 0 Å². The number of amides is 2. The maximum atomic E-state index is 12.9. The van der Waals surface area contributed by atoms with Crippen molar-refractivity contribution in [3.05, 3.63) is 59.7 Å². The van der Waals surface area contributed by atoms with E-state index >= 15 is 0 Å². The van der Waals surface area contributed by atoms with Gasteiger partial charge < -0.3 is 19.7 Å². The maximum Gasteiger partial charge on any atom is 0.262 e. The van der Waals surface area contributed by atoms with E-state index in [9.17, 15) is 9.59 Å². The van der Waals surface area contributed by atoms with Gasteiger partial charge in [0.25, 0.3) is 11.8 Å². The number of carbonyl (C=O) groups excluding carboxylic acids is 2. The van der Waals surface area contributed by atoms with Gasteiger partial charge >= 0.3 is 0 Å². The summed E-state index contributed by atoms with van der Waals surface area (Å²) in [5.41, 5.74) is 2.30. The number of likely N-dealkylation sites (tertiary alicyclic amines) is 1. The van der Waals surface area contributed by atoms with Crippen molar-refractivity contribution >= 4 is 17.5 Å². The van der Waals surface area contributed by atoms with Gasteiger partial charge in [0, 0.05) is 18.7 Å². The van der Waals surface area contributed by atoms with Crippen molar-refractivity contribution in [1.82, 2.24) is 4.90 Å². The second kappa shape index (κ2) is 7.80. The van der Waals surface area contributed by atoms with Crippen LogP contribution < -0.4 is 10.1 Å². The standard InChI is InChI=1S/C21H22N2O4/c24-20-14-27-19-11-16(8-9-18(19)22-20)21(25)23-10-4-7-17(12-23)26-13-15-5-2-1-3-6-15/h1-3,5-6,8-9,11,17H,4,7,10,12-14H2,(H,22,24)/t17-/m0/s1. The van der Waals surface area contributed by atoms with Gasteiger partial charge in [-0.15, -0.1) is 0 Å². The van der Waals surface area contributed by atoms with E-state index in [0.717, 1.165) is 24.9 Å². The molecule has 6 nitrogen and oxygen atoms in total.